The van der Waals surface area contributed by atoms with E-state index in [0.717, 1.165) is 0 Å². The Labute approximate surface area is 125 Å². The molecule has 0 fully saturated rings. The minimum Gasteiger partial charge on any atom is -0.508 e. The molecule has 1 atom stereocenters. The molecule has 0 bridgehead atoms. The van der Waals surface area contributed by atoms with Gasteiger partial charge in [0.1, 0.15) is 17.6 Å². The molecule has 2 N–H and O–H groups in total. The SMILES string of the molecule is N#CC(Nc1ccc(F)c(Cl)c1)c1cc(Cl)ccc1O. The number of hydrogen-bond acceptors (Lipinski definition) is 3. The molecule has 20 heavy (non-hydrogen) atoms. The Bertz CT molecular complexity index is 685. The maximum Gasteiger partial charge on any atom is 0.143 e. The van der Waals surface area contributed by atoms with Gasteiger partial charge in [0.05, 0.1) is 11.1 Å². The van der Waals surface area contributed by atoms with Crippen LogP contribution in [0.25, 0.3) is 0 Å². The summed E-state index contributed by atoms with van der Waals surface area (Å²) in [7, 11) is 0. The Hall–Kier alpha value is -1.96. The van der Waals surface area contributed by atoms with Gasteiger partial charge in [-0.15, -0.1) is 0 Å². The van der Waals surface area contributed by atoms with Gasteiger partial charge < -0.3 is 10.4 Å². The summed E-state index contributed by atoms with van der Waals surface area (Å²) < 4.78 is 13.1. The first kappa shape index (κ1) is 14.4. The molecule has 3 nitrogen and oxygen atoms in total. The lowest BCUT2D eigenvalue weighted by molar-refractivity contribution is 0.467. The van der Waals surface area contributed by atoms with Crippen molar-refractivity contribution in [2.45, 2.75) is 6.04 Å². The molecule has 2 aromatic carbocycles. The molecule has 0 saturated heterocycles. The van der Waals surface area contributed by atoms with Crippen LogP contribution in [0.2, 0.25) is 10.0 Å². The number of aromatic hydroxyl groups is 1. The fourth-order valence-electron chi connectivity index (χ4n) is 1.69. The normalized spacial score (nSPS) is 11.7. The van der Waals surface area contributed by atoms with Crippen LogP contribution in [0, 0.1) is 17.1 Å². The molecule has 1 unspecified atom stereocenters. The van der Waals surface area contributed by atoms with Crippen molar-refractivity contribution >= 4 is 28.9 Å². The zero-order valence-corrected chi connectivity index (χ0v) is 11.6. The van der Waals surface area contributed by atoms with Crippen molar-refractivity contribution < 1.29 is 9.50 Å². The summed E-state index contributed by atoms with van der Waals surface area (Å²) in [5.74, 6) is -0.599. The number of benzene rings is 2. The molecule has 0 aliphatic carbocycles. The minimum absolute atomic E-state index is 0.0537. The smallest absolute Gasteiger partial charge is 0.143 e. The molecule has 0 radical (unpaired) electrons. The van der Waals surface area contributed by atoms with E-state index in [1.165, 1.54) is 36.4 Å². The van der Waals surface area contributed by atoms with Crippen molar-refractivity contribution in [1.29, 1.82) is 5.26 Å². The van der Waals surface area contributed by atoms with Crippen LogP contribution >= 0.6 is 23.2 Å². The molecule has 0 amide bonds. The van der Waals surface area contributed by atoms with Gasteiger partial charge in [0.2, 0.25) is 0 Å². The molecule has 102 valence electrons. The van der Waals surface area contributed by atoms with Crippen LogP contribution in [0.15, 0.2) is 36.4 Å². The number of nitrogens with zero attached hydrogens (tertiary/aromatic N) is 1. The van der Waals surface area contributed by atoms with Crippen molar-refractivity contribution in [3.05, 3.63) is 57.8 Å². The van der Waals surface area contributed by atoms with E-state index in [1.807, 2.05) is 6.07 Å². The standard InChI is InChI=1S/C14H9Cl2FN2O/c15-8-1-4-14(20)10(5-8)13(7-18)19-9-2-3-12(17)11(16)6-9/h1-6,13,19-20H. The predicted molar refractivity (Wildman–Crippen MR) is 76.5 cm³/mol. The van der Waals surface area contributed by atoms with Gasteiger partial charge in [-0.2, -0.15) is 5.26 Å². The Morgan fingerprint density at radius 3 is 2.60 bits per heavy atom. The highest BCUT2D eigenvalue weighted by Gasteiger charge is 2.15. The Balaban J connectivity index is 2.31. The average molecular weight is 311 g/mol. The summed E-state index contributed by atoms with van der Waals surface area (Å²) in [4.78, 5) is 0. The Kier molecular flexibility index (Phi) is 4.33. The quantitative estimate of drug-likeness (QED) is 0.876. The van der Waals surface area contributed by atoms with Crippen LogP contribution in [-0.2, 0) is 0 Å². The van der Waals surface area contributed by atoms with Crippen LogP contribution in [0.1, 0.15) is 11.6 Å². The van der Waals surface area contributed by atoms with Crippen LogP contribution < -0.4 is 5.32 Å². The molecule has 0 aliphatic rings. The van der Waals surface area contributed by atoms with Crippen LogP contribution in [-0.4, -0.2) is 5.11 Å². The number of nitriles is 1. The minimum atomic E-state index is -0.838. The zero-order chi connectivity index (χ0) is 14.7. The second-order valence-electron chi connectivity index (χ2n) is 4.04. The maximum absolute atomic E-state index is 13.1. The predicted octanol–water partition coefficient (Wildman–Crippen LogP) is 4.51. The second kappa shape index (κ2) is 6.00. The number of phenolic OH excluding ortho intramolecular Hbond substituents is 1. The van der Waals surface area contributed by atoms with Crippen molar-refractivity contribution in [2.75, 3.05) is 5.32 Å². The first-order valence-corrected chi connectivity index (χ1v) is 6.36. The van der Waals surface area contributed by atoms with E-state index >= 15 is 0 Å². The van der Waals surface area contributed by atoms with E-state index < -0.39 is 11.9 Å². The van der Waals surface area contributed by atoms with Crippen molar-refractivity contribution in [1.82, 2.24) is 0 Å². The number of anilines is 1. The fraction of sp³-hybridized carbons (Fsp3) is 0.0714. The van der Waals surface area contributed by atoms with Crippen LogP contribution in [0.4, 0.5) is 10.1 Å². The average Bonchev–Trinajstić information content (AvgIpc) is 2.43. The van der Waals surface area contributed by atoms with Gasteiger partial charge in [0.15, 0.2) is 0 Å². The fourth-order valence-corrected chi connectivity index (χ4v) is 2.05. The first-order chi connectivity index (χ1) is 9.51. The molecule has 2 aromatic rings. The van der Waals surface area contributed by atoms with E-state index in [4.69, 9.17) is 23.2 Å². The van der Waals surface area contributed by atoms with Gasteiger partial charge in [0, 0.05) is 16.3 Å². The van der Waals surface area contributed by atoms with Gasteiger partial charge in [-0.1, -0.05) is 23.2 Å². The highest BCUT2D eigenvalue weighted by molar-refractivity contribution is 6.31. The summed E-state index contributed by atoms with van der Waals surface area (Å²) >= 11 is 11.5. The lowest BCUT2D eigenvalue weighted by Gasteiger charge is -2.15. The Morgan fingerprint density at radius 1 is 1.20 bits per heavy atom. The second-order valence-corrected chi connectivity index (χ2v) is 4.88. The van der Waals surface area contributed by atoms with Crippen LogP contribution in [0.5, 0.6) is 5.75 Å². The third kappa shape index (κ3) is 3.13. The molecule has 0 aromatic heterocycles. The van der Waals surface area contributed by atoms with E-state index in [0.29, 0.717) is 16.3 Å². The van der Waals surface area contributed by atoms with E-state index in [1.54, 1.807) is 0 Å². The first-order valence-electron chi connectivity index (χ1n) is 5.61. The topological polar surface area (TPSA) is 56.0 Å². The summed E-state index contributed by atoms with van der Waals surface area (Å²) in [5, 5.41) is 22.2. The van der Waals surface area contributed by atoms with Gasteiger partial charge in [-0.25, -0.2) is 4.39 Å². The highest BCUT2D eigenvalue weighted by atomic mass is 35.5. The third-order valence-corrected chi connectivity index (χ3v) is 3.19. The molecular weight excluding hydrogens is 302 g/mol. The largest absolute Gasteiger partial charge is 0.508 e. The number of hydrogen-bond donors (Lipinski definition) is 2. The van der Waals surface area contributed by atoms with E-state index in [9.17, 15) is 14.8 Å². The number of phenols is 1. The van der Waals surface area contributed by atoms with Gasteiger partial charge >= 0.3 is 0 Å². The maximum atomic E-state index is 13.1. The molecule has 2 rings (SSSR count). The van der Waals surface area contributed by atoms with Crippen LogP contribution in [0.3, 0.4) is 0 Å². The van der Waals surface area contributed by atoms with E-state index in [-0.39, 0.29) is 10.8 Å². The summed E-state index contributed by atoms with van der Waals surface area (Å²) in [6.07, 6.45) is 0. The monoisotopic (exact) mass is 310 g/mol. The van der Waals surface area contributed by atoms with Gasteiger partial charge in [-0.05, 0) is 36.4 Å². The summed E-state index contributed by atoms with van der Waals surface area (Å²) in [6.45, 7) is 0. The van der Waals surface area contributed by atoms with Crippen molar-refractivity contribution in [3.63, 3.8) is 0 Å². The highest BCUT2D eigenvalue weighted by Crippen LogP contribution is 2.30. The number of nitrogens with one attached hydrogen (secondary N) is 1. The molecule has 0 heterocycles. The third-order valence-electron chi connectivity index (χ3n) is 2.66. The summed E-state index contributed by atoms with van der Waals surface area (Å²) in [6, 6.07) is 9.58. The zero-order valence-electron chi connectivity index (χ0n) is 10.1. The number of halogens is 3. The molecular formula is C14H9Cl2FN2O. The number of rotatable bonds is 3. The molecule has 0 spiro atoms. The molecule has 0 saturated carbocycles. The lowest BCUT2D eigenvalue weighted by Crippen LogP contribution is -2.08. The molecule has 0 aliphatic heterocycles. The van der Waals surface area contributed by atoms with Gasteiger partial charge in [-0.3, -0.25) is 0 Å². The van der Waals surface area contributed by atoms with Gasteiger partial charge in [0.25, 0.3) is 0 Å². The van der Waals surface area contributed by atoms with Crippen molar-refractivity contribution in [2.24, 2.45) is 0 Å². The molecule has 6 heteroatoms. The van der Waals surface area contributed by atoms with Crippen molar-refractivity contribution in [3.8, 4) is 11.8 Å². The Morgan fingerprint density at radius 2 is 1.95 bits per heavy atom. The van der Waals surface area contributed by atoms with E-state index in [2.05, 4.69) is 5.32 Å². The lowest BCUT2D eigenvalue weighted by atomic mass is 10.1. The summed E-state index contributed by atoms with van der Waals surface area (Å²) in [5.41, 5.74) is 0.794.